The second-order valence-corrected chi connectivity index (χ2v) is 4.21. The predicted molar refractivity (Wildman–Crippen MR) is 74.5 cm³/mol. The third-order valence-corrected chi connectivity index (χ3v) is 2.64. The molecule has 0 aliphatic heterocycles. The summed E-state index contributed by atoms with van der Waals surface area (Å²) in [5.41, 5.74) is 1.01. The van der Waals surface area contributed by atoms with Crippen molar-refractivity contribution in [2.24, 2.45) is 5.10 Å². The molecule has 0 saturated carbocycles. The summed E-state index contributed by atoms with van der Waals surface area (Å²) in [6.45, 7) is 2.96. The van der Waals surface area contributed by atoms with Crippen molar-refractivity contribution < 1.29 is 4.74 Å². The van der Waals surface area contributed by atoms with Crippen molar-refractivity contribution in [1.82, 2.24) is 14.9 Å². The summed E-state index contributed by atoms with van der Waals surface area (Å²) in [5, 5.41) is 11.5. The van der Waals surface area contributed by atoms with Crippen LogP contribution in [-0.2, 0) is 0 Å². The zero-order valence-corrected chi connectivity index (χ0v) is 11.1. The Morgan fingerprint density at radius 1 is 1.16 bits per heavy atom. The van der Waals surface area contributed by atoms with Gasteiger partial charge in [-0.25, -0.2) is 4.68 Å². The molecule has 0 N–H and O–H groups in total. The number of ether oxygens (including phenoxy) is 1. The quantitative estimate of drug-likeness (QED) is 0.567. The highest BCUT2D eigenvalue weighted by molar-refractivity contribution is 5.79. The maximum Gasteiger partial charge on any atom is 0.141 e. The highest BCUT2D eigenvalue weighted by atomic mass is 16.5. The van der Waals surface area contributed by atoms with E-state index in [-0.39, 0.29) is 0 Å². The third kappa shape index (κ3) is 4.54. The van der Waals surface area contributed by atoms with Crippen molar-refractivity contribution in [3.8, 4) is 5.75 Å². The number of rotatable bonds is 7. The van der Waals surface area contributed by atoms with Crippen molar-refractivity contribution in [2.75, 3.05) is 6.61 Å². The first-order valence-electron chi connectivity index (χ1n) is 6.50. The molecule has 0 atom stereocenters. The van der Waals surface area contributed by atoms with Crippen LogP contribution >= 0.6 is 0 Å². The minimum atomic E-state index is 0.780. The molecule has 19 heavy (non-hydrogen) atoms. The molecule has 2 rings (SSSR count). The molecule has 0 spiro atoms. The summed E-state index contributed by atoms with van der Waals surface area (Å²) in [5.74, 6) is 0.901. The molecule has 0 aliphatic rings. The van der Waals surface area contributed by atoms with Crippen LogP contribution < -0.4 is 4.74 Å². The van der Waals surface area contributed by atoms with Crippen LogP contribution in [0.2, 0.25) is 0 Å². The van der Waals surface area contributed by atoms with Crippen LogP contribution in [0.3, 0.4) is 0 Å². The molecule has 0 amide bonds. The summed E-state index contributed by atoms with van der Waals surface area (Å²) in [6.07, 6.45) is 8.37. The first-order chi connectivity index (χ1) is 9.38. The van der Waals surface area contributed by atoms with E-state index in [1.165, 1.54) is 12.8 Å². The number of hydrogen-bond acceptors (Lipinski definition) is 4. The van der Waals surface area contributed by atoms with Gasteiger partial charge in [-0.2, -0.15) is 5.10 Å². The Labute approximate surface area is 112 Å². The van der Waals surface area contributed by atoms with Gasteiger partial charge in [0.1, 0.15) is 18.4 Å². The Bertz CT molecular complexity index is 491. The van der Waals surface area contributed by atoms with Gasteiger partial charge in [-0.3, -0.25) is 0 Å². The maximum atomic E-state index is 5.64. The van der Waals surface area contributed by atoms with E-state index in [4.69, 9.17) is 4.74 Å². The second-order valence-electron chi connectivity index (χ2n) is 4.21. The first kappa shape index (κ1) is 13.3. The van der Waals surface area contributed by atoms with Crippen molar-refractivity contribution in [2.45, 2.75) is 26.2 Å². The van der Waals surface area contributed by atoms with Gasteiger partial charge in [0.2, 0.25) is 0 Å². The zero-order chi connectivity index (χ0) is 13.3. The maximum absolute atomic E-state index is 5.64. The lowest BCUT2D eigenvalue weighted by molar-refractivity contribution is 0.306. The van der Waals surface area contributed by atoms with Gasteiger partial charge in [0.15, 0.2) is 0 Å². The lowest BCUT2D eigenvalue weighted by Gasteiger charge is -2.05. The minimum absolute atomic E-state index is 0.780. The van der Waals surface area contributed by atoms with E-state index >= 15 is 0 Å². The van der Waals surface area contributed by atoms with Crippen molar-refractivity contribution in [1.29, 1.82) is 0 Å². The molecule has 0 saturated heterocycles. The molecule has 1 aromatic heterocycles. The molecule has 100 valence electrons. The lowest BCUT2D eigenvalue weighted by Crippen LogP contribution is -1.97. The van der Waals surface area contributed by atoms with Crippen molar-refractivity contribution in [3.05, 3.63) is 42.5 Å². The Morgan fingerprint density at radius 3 is 2.58 bits per heavy atom. The van der Waals surface area contributed by atoms with Crippen LogP contribution in [0.25, 0.3) is 0 Å². The van der Waals surface area contributed by atoms with E-state index in [2.05, 4.69) is 22.2 Å². The zero-order valence-electron chi connectivity index (χ0n) is 11.1. The Morgan fingerprint density at radius 2 is 1.89 bits per heavy atom. The summed E-state index contributed by atoms with van der Waals surface area (Å²) in [4.78, 5) is 0. The predicted octanol–water partition coefficient (Wildman–Crippen LogP) is 2.73. The molecule has 1 heterocycles. The molecule has 5 nitrogen and oxygen atoms in total. The minimum Gasteiger partial charge on any atom is -0.494 e. The molecule has 0 unspecified atom stereocenters. The number of hydrogen-bond donors (Lipinski definition) is 0. The molecule has 1 aromatic carbocycles. The first-order valence-corrected chi connectivity index (χ1v) is 6.50. The molecule has 2 aromatic rings. The SMILES string of the molecule is CCCCCOc1ccc(/C=N\n2cnnc2)cc1. The fourth-order valence-electron chi connectivity index (χ4n) is 1.58. The highest BCUT2D eigenvalue weighted by Gasteiger charge is 1.94. The van der Waals surface area contributed by atoms with E-state index < -0.39 is 0 Å². The molecular weight excluding hydrogens is 240 g/mol. The molecule has 0 fully saturated rings. The second kappa shape index (κ2) is 7.31. The number of nitrogens with zero attached hydrogens (tertiary/aromatic N) is 4. The summed E-state index contributed by atoms with van der Waals surface area (Å²) in [7, 11) is 0. The number of aromatic nitrogens is 3. The molecule has 0 radical (unpaired) electrons. The van der Waals surface area contributed by atoms with E-state index in [9.17, 15) is 0 Å². The topological polar surface area (TPSA) is 52.3 Å². The van der Waals surface area contributed by atoms with E-state index in [1.54, 1.807) is 23.5 Å². The van der Waals surface area contributed by atoms with Crippen LogP contribution in [-0.4, -0.2) is 27.7 Å². The van der Waals surface area contributed by atoms with Gasteiger partial charge in [0, 0.05) is 0 Å². The molecule has 0 bridgehead atoms. The van der Waals surface area contributed by atoms with Crippen LogP contribution in [0, 0.1) is 0 Å². The average Bonchev–Trinajstić information content (AvgIpc) is 2.96. The van der Waals surface area contributed by atoms with Gasteiger partial charge in [-0.1, -0.05) is 19.8 Å². The van der Waals surface area contributed by atoms with E-state index in [1.807, 2.05) is 24.3 Å². The lowest BCUT2D eigenvalue weighted by atomic mass is 10.2. The largest absolute Gasteiger partial charge is 0.494 e. The standard InChI is InChI=1S/C14H18N4O/c1-2-3-4-9-19-14-7-5-13(6-8-14)10-17-18-11-15-16-12-18/h5-8,10-12H,2-4,9H2,1H3/b17-10-. The van der Waals surface area contributed by atoms with E-state index in [0.29, 0.717) is 0 Å². The van der Waals surface area contributed by atoms with Crippen LogP contribution in [0.15, 0.2) is 42.0 Å². The Hall–Kier alpha value is -2.17. The molecule has 0 aliphatic carbocycles. The van der Waals surface area contributed by atoms with Gasteiger partial charge in [0.05, 0.1) is 12.8 Å². The van der Waals surface area contributed by atoms with Crippen molar-refractivity contribution in [3.63, 3.8) is 0 Å². The summed E-state index contributed by atoms with van der Waals surface area (Å²) >= 11 is 0. The molecule has 5 heteroatoms. The normalized spacial score (nSPS) is 11.0. The van der Waals surface area contributed by atoms with E-state index in [0.717, 1.165) is 24.3 Å². The number of benzene rings is 1. The monoisotopic (exact) mass is 258 g/mol. The Balaban J connectivity index is 1.84. The summed E-state index contributed by atoms with van der Waals surface area (Å²) < 4.78 is 7.19. The average molecular weight is 258 g/mol. The van der Waals surface area contributed by atoms with Gasteiger partial charge in [0.25, 0.3) is 0 Å². The van der Waals surface area contributed by atoms with Crippen LogP contribution in [0.1, 0.15) is 31.7 Å². The van der Waals surface area contributed by atoms with Gasteiger partial charge in [-0.05, 0) is 36.2 Å². The molecular formula is C14H18N4O. The number of unbranched alkanes of at least 4 members (excludes halogenated alkanes) is 2. The van der Waals surface area contributed by atoms with Crippen LogP contribution in [0.4, 0.5) is 0 Å². The van der Waals surface area contributed by atoms with Gasteiger partial charge >= 0.3 is 0 Å². The smallest absolute Gasteiger partial charge is 0.141 e. The third-order valence-electron chi connectivity index (χ3n) is 2.64. The summed E-state index contributed by atoms with van der Waals surface area (Å²) in [6, 6.07) is 7.87. The Kier molecular flexibility index (Phi) is 5.10. The van der Waals surface area contributed by atoms with Crippen molar-refractivity contribution >= 4 is 6.21 Å². The highest BCUT2D eigenvalue weighted by Crippen LogP contribution is 2.12. The van der Waals surface area contributed by atoms with Crippen LogP contribution in [0.5, 0.6) is 5.75 Å². The fraction of sp³-hybridized carbons (Fsp3) is 0.357. The van der Waals surface area contributed by atoms with Gasteiger partial charge in [-0.15, -0.1) is 10.2 Å². The fourth-order valence-corrected chi connectivity index (χ4v) is 1.58. The van der Waals surface area contributed by atoms with Gasteiger partial charge < -0.3 is 4.74 Å².